The Hall–Kier alpha value is -0.530. The van der Waals surface area contributed by atoms with Crippen LogP contribution in [-0.4, -0.2) is 50.1 Å². The van der Waals surface area contributed by atoms with Crippen molar-refractivity contribution in [3.8, 4) is 0 Å². The van der Waals surface area contributed by atoms with Crippen molar-refractivity contribution >= 4 is 47.1 Å². The van der Waals surface area contributed by atoms with Gasteiger partial charge in [0.15, 0.2) is 0 Å². The van der Waals surface area contributed by atoms with Crippen LogP contribution in [-0.2, 0) is 9.59 Å². The predicted octanol–water partition coefficient (Wildman–Crippen LogP) is 2.82. The molecule has 1 saturated heterocycles. The van der Waals surface area contributed by atoms with Gasteiger partial charge in [-0.1, -0.05) is 19.9 Å². The average Bonchev–Trinajstić information content (AvgIpc) is 3.04. The first-order chi connectivity index (χ1) is 11.0. The van der Waals surface area contributed by atoms with E-state index in [0.29, 0.717) is 5.25 Å². The molecule has 0 bridgehead atoms. The van der Waals surface area contributed by atoms with Crippen molar-refractivity contribution in [3.63, 3.8) is 0 Å². The number of nitrogens with one attached hydrogen (secondary N) is 1. The molecule has 0 aliphatic carbocycles. The molecule has 0 spiro atoms. The molecule has 3 atom stereocenters. The number of hydrogen-bond donors (Lipinski definition) is 1. The van der Waals surface area contributed by atoms with Crippen molar-refractivity contribution in [1.82, 2.24) is 10.2 Å². The summed E-state index contributed by atoms with van der Waals surface area (Å²) in [7, 11) is 0. The number of carbonyl (C=O) groups is 2. The normalized spacial score (nSPS) is 29.8. The van der Waals surface area contributed by atoms with Gasteiger partial charge in [0.05, 0.1) is 5.25 Å². The van der Waals surface area contributed by atoms with E-state index in [9.17, 15) is 9.59 Å². The van der Waals surface area contributed by atoms with E-state index in [1.807, 2.05) is 35.1 Å². The Kier molecular flexibility index (Phi) is 5.38. The molecule has 0 aromatic rings. The lowest BCUT2D eigenvalue weighted by atomic mass is 10.0. The second kappa shape index (κ2) is 7.15. The summed E-state index contributed by atoms with van der Waals surface area (Å²) in [6, 6.07) is -0.358. The van der Waals surface area contributed by atoms with E-state index in [1.54, 1.807) is 11.8 Å². The van der Waals surface area contributed by atoms with Gasteiger partial charge in [0.2, 0.25) is 5.91 Å². The number of rotatable bonds is 5. The second-order valence-corrected chi connectivity index (χ2v) is 9.96. The minimum absolute atomic E-state index is 0.0126. The third-order valence-corrected chi connectivity index (χ3v) is 7.82. The molecule has 4 nitrogen and oxygen atoms in total. The van der Waals surface area contributed by atoms with Crippen molar-refractivity contribution < 1.29 is 9.59 Å². The maximum Gasteiger partial charge on any atom is 0.253 e. The molecule has 2 amide bonds. The Bertz CT molecular complexity index is 566. The van der Waals surface area contributed by atoms with Gasteiger partial charge in [-0.2, -0.15) is 11.8 Å². The van der Waals surface area contributed by atoms with E-state index in [4.69, 9.17) is 0 Å². The molecule has 3 rings (SSSR count). The molecule has 23 heavy (non-hydrogen) atoms. The van der Waals surface area contributed by atoms with E-state index in [2.05, 4.69) is 19.2 Å². The fourth-order valence-corrected chi connectivity index (χ4v) is 6.07. The Morgan fingerprint density at radius 2 is 2.30 bits per heavy atom. The van der Waals surface area contributed by atoms with Gasteiger partial charge in [-0.25, -0.2) is 0 Å². The van der Waals surface area contributed by atoms with Gasteiger partial charge in [0.1, 0.15) is 11.4 Å². The minimum Gasteiger partial charge on any atom is -0.341 e. The van der Waals surface area contributed by atoms with Crippen LogP contribution < -0.4 is 5.32 Å². The van der Waals surface area contributed by atoms with Gasteiger partial charge in [-0.3, -0.25) is 14.5 Å². The van der Waals surface area contributed by atoms with Crippen molar-refractivity contribution in [1.29, 1.82) is 0 Å². The molecule has 0 saturated carbocycles. The maximum absolute atomic E-state index is 12.5. The van der Waals surface area contributed by atoms with Gasteiger partial charge in [-0.15, -0.1) is 23.5 Å². The second-order valence-electron chi connectivity index (χ2n) is 6.18. The minimum atomic E-state index is -0.358. The van der Waals surface area contributed by atoms with E-state index in [0.717, 1.165) is 23.6 Å². The standard InChI is InChI=1S/C16H22N2O2S3/c1-9(2)22-7-11-8-23-16-13(15(20)18(16)10(11)3)17-14(19)12-5-4-6-21-12/h4,6,9,12-13,16H,5,7-8H2,1-3H3,(H,17,19)/t12?,13-,16-/m1/s1. The Balaban J connectivity index is 1.61. The molecule has 0 radical (unpaired) electrons. The SMILES string of the molecule is CC1=C(CSC(C)C)CS[C@@H]2[C@H](NC(=O)C3CC=CS3)C(=O)N12. The molecular weight excluding hydrogens is 348 g/mol. The zero-order valence-electron chi connectivity index (χ0n) is 13.6. The monoisotopic (exact) mass is 370 g/mol. The number of nitrogens with zero attached hydrogens (tertiary/aromatic N) is 1. The summed E-state index contributed by atoms with van der Waals surface area (Å²) < 4.78 is 0. The molecule has 7 heteroatoms. The van der Waals surface area contributed by atoms with E-state index in [1.165, 1.54) is 17.3 Å². The number of allylic oxidation sites excluding steroid dienone is 2. The third kappa shape index (κ3) is 3.46. The molecule has 3 heterocycles. The lowest BCUT2D eigenvalue weighted by Gasteiger charge is -2.50. The van der Waals surface area contributed by atoms with Crippen LogP contribution in [0.3, 0.4) is 0 Å². The molecule has 0 aromatic heterocycles. The van der Waals surface area contributed by atoms with Gasteiger partial charge in [0, 0.05) is 17.2 Å². The number of β-lactam (4-membered cyclic amide) rings is 1. The number of thioether (sulfide) groups is 3. The highest BCUT2D eigenvalue weighted by atomic mass is 32.2. The molecule has 1 unspecified atom stereocenters. The highest BCUT2D eigenvalue weighted by Gasteiger charge is 2.51. The molecule has 1 fully saturated rings. The molecule has 126 valence electrons. The van der Waals surface area contributed by atoms with Crippen LogP contribution in [0.1, 0.15) is 27.2 Å². The first-order valence-corrected chi connectivity index (χ1v) is 10.9. The lowest BCUT2D eigenvalue weighted by molar-refractivity contribution is -0.145. The number of fused-ring (bicyclic) bond motifs is 1. The Labute approximate surface area is 150 Å². The van der Waals surface area contributed by atoms with Crippen LogP contribution in [0.15, 0.2) is 22.8 Å². The summed E-state index contributed by atoms with van der Waals surface area (Å²) in [5, 5.41) is 5.50. The smallest absolute Gasteiger partial charge is 0.253 e. The predicted molar refractivity (Wildman–Crippen MR) is 100 cm³/mol. The molecule has 0 aromatic carbocycles. The van der Waals surface area contributed by atoms with Gasteiger partial charge in [0.25, 0.3) is 5.91 Å². The van der Waals surface area contributed by atoms with Crippen LogP contribution in [0.25, 0.3) is 0 Å². The Morgan fingerprint density at radius 1 is 1.52 bits per heavy atom. The molecule has 3 aliphatic rings. The number of hydrogen-bond acceptors (Lipinski definition) is 5. The van der Waals surface area contributed by atoms with Crippen LogP contribution in [0, 0.1) is 0 Å². The van der Waals surface area contributed by atoms with Crippen molar-refractivity contribution in [2.75, 3.05) is 11.5 Å². The van der Waals surface area contributed by atoms with E-state index < -0.39 is 0 Å². The summed E-state index contributed by atoms with van der Waals surface area (Å²) in [5.41, 5.74) is 2.44. The van der Waals surface area contributed by atoms with E-state index >= 15 is 0 Å². The fourth-order valence-electron chi connectivity index (χ4n) is 2.80. The summed E-state index contributed by atoms with van der Waals surface area (Å²) in [6.45, 7) is 6.42. The molecular formula is C16H22N2O2S3. The first-order valence-electron chi connectivity index (χ1n) is 7.84. The van der Waals surface area contributed by atoms with Crippen LogP contribution in [0.5, 0.6) is 0 Å². The highest BCUT2D eigenvalue weighted by molar-refractivity contribution is 8.03. The maximum atomic E-state index is 12.5. The summed E-state index contributed by atoms with van der Waals surface area (Å²) in [4.78, 5) is 26.6. The van der Waals surface area contributed by atoms with Crippen LogP contribution in [0.2, 0.25) is 0 Å². The quantitative estimate of drug-likeness (QED) is 0.754. The topological polar surface area (TPSA) is 49.4 Å². The lowest BCUT2D eigenvalue weighted by Crippen LogP contribution is -2.70. The molecule has 3 aliphatic heterocycles. The summed E-state index contributed by atoms with van der Waals surface area (Å²) >= 11 is 5.21. The van der Waals surface area contributed by atoms with Gasteiger partial charge >= 0.3 is 0 Å². The van der Waals surface area contributed by atoms with Gasteiger partial charge < -0.3 is 5.32 Å². The van der Waals surface area contributed by atoms with Gasteiger partial charge in [-0.05, 0) is 29.6 Å². The van der Waals surface area contributed by atoms with E-state index in [-0.39, 0.29) is 28.5 Å². The van der Waals surface area contributed by atoms with Crippen molar-refractivity contribution in [2.24, 2.45) is 0 Å². The fraction of sp³-hybridized carbons (Fsp3) is 0.625. The van der Waals surface area contributed by atoms with Crippen molar-refractivity contribution in [2.45, 2.75) is 49.1 Å². The first kappa shape index (κ1) is 17.3. The van der Waals surface area contributed by atoms with Crippen LogP contribution in [0.4, 0.5) is 0 Å². The Morgan fingerprint density at radius 3 is 2.96 bits per heavy atom. The zero-order chi connectivity index (χ0) is 16.6. The third-order valence-electron chi connectivity index (χ3n) is 4.21. The average molecular weight is 371 g/mol. The number of carbonyl (C=O) groups excluding carboxylic acids is 2. The zero-order valence-corrected chi connectivity index (χ0v) is 16.0. The summed E-state index contributed by atoms with van der Waals surface area (Å²) in [5.74, 6) is 1.96. The molecule has 1 N–H and O–H groups in total. The van der Waals surface area contributed by atoms with Crippen molar-refractivity contribution in [3.05, 3.63) is 22.8 Å². The largest absolute Gasteiger partial charge is 0.341 e. The summed E-state index contributed by atoms with van der Waals surface area (Å²) in [6.07, 6.45) is 2.76. The highest BCUT2D eigenvalue weighted by Crippen LogP contribution is 2.41. The number of amides is 2. The van der Waals surface area contributed by atoms with Crippen LogP contribution >= 0.6 is 35.3 Å².